The highest BCUT2D eigenvalue weighted by Crippen LogP contribution is 2.34. The van der Waals surface area contributed by atoms with Gasteiger partial charge < -0.3 is 15.2 Å². The van der Waals surface area contributed by atoms with E-state index in [1.54, 1.807) is 24.3 Å². The Morgan fingerprint density at radius 2 is 1.94 bits per heavy atom. The van der Waals surface area contributed by atoms with Crippen LogP contribution in [0.3, 0.4) is 0 Å². The lowest BCUT2D eigenvalue weighted by molar-refractivity contribution is -0.159. The Morgan fingerprint density at radius 1 is 1.35 bits per heavy atom. The summed E-state index contributed by atoms with van der Waals surface area (Å²) in [6.07, 6.45) is 1.85. The summed E-state index contributed by atoms with van der Waals surface area (Å²) in [6, 6.07) is 6.91. The number of nitrogens with two attached hydrogens (primary N) is 1. The summed E-state index contributed by atoms with van der Waals surface area (Å²) in [5, 5.41) is 7.30. The number of nitrogen functional groups attached to an aromatic ring is 1. The van der Waals surface area contributed by atoms with Crippen LogP contribution in [-0.2, 0) is 20.1 Å². The zero-order valence-electron chi connectivity index (χ0n) is 9.23. The maximum Gasteiger partial charge on any atom is 0.204 e. The quantitative estimate of drug-likeness (QED) is 0.591. The Morgan fingerprint density at radius 3 is 2.41 bits per heavy atom. The van der Waals surface area contributed by atoms with Gasteiger partial charge in [-0.15, -0.1) is 0 Å². The minimum absolute atomic E-state index is 0.000749. The standard InChI is InChI=1S/C12H13N2O3/c13-11(14)9-1-3-10(4-2-9)12(5-6-15)16-7-8-17-12/h1-4H,5,7-8H2,(H3,13,14). The van der Waals surface area contributed by atoms with Crippen LogP contribution in [0.1, 0.15) is 17.5 Å². The van der Waals surface area contributed by atoms with Gasteiger partial charge in [-0.3, -0.25) is 10.2 Å². The first-order valence-corrected chi connectivity index (χ1v) is 5.26. The van der Waals surface area contributed by atoms with Crippen molar-refractivity contribution >= 4 is 12.1 Å². The lowest BCUT2D eigenvalue weighted by Gasteiger charge is -2.25. The first-order valence-electron chi connectivity index (χ1n) is 5.26. The van der Waals surface area contributed by atoms with Gasteiger partial charge in [0.05, 0.1) is 19.6 Å². The van der Waals surface area contributed by atoms with Crippen molar-refractivity contribution in [3.05, 3.63) is 35.4 Å². The van der Waals surface area contributed by atoms with Gasteiger partial charge in [0, 0.05) is 11.1 Å². The number of amidine groups is 1. The molecule has 0 spiro atoms. The van der Waals surface area contributed by atoms with Crippen molar-refractivity contribution in [2.24, 2.45) is 5.73 Å². The summed E-state index contributed by atoms with van der Waals surface area (Å²) in [5.74, 6) is -1.02. The van der Waals surface area contributed by atoms with Crippen LogP contribution >= 0.6 is 0 Å². The summed E-state index contributed by atoms with van der Waals surface area (Å²) < 4.78 is 11.0. The Balaban J connectivity index is 2.30. The van der Waals surface area contributed by atoms with Crippen LogP contribution in [0.2, 0.25) is 0 Å². The normalized spacial score (nSPS) is 17.9. The van der Waals surface area contributed by atoms with Crippen LogP contribution in [0.4, 0.5) is 0 Å². The molecule has 2 rings (SSSR count). The third-order valence-corrected chi connectivity index (χ3v) is 2.69. The monoisotopic (exact) mass is 233 g/mol. The van der Waals surface area contributed by atoms with Gasteiger partial charge in [0.25, 0.3) is 0 Å². The van der Waals surface area contributed by atoms with Crippen LogP contribution in [-0.4, -0.2) is 25.3 Å². The number of rotatable bonds is 4. The van der Waals surface area contributed by atoms with Crippen molar-refractivity contribution in [2.45, 2.75) is 12.2 Å². The zero-order valence-corrected chi connectivity index (χ0v) is 9.23. The molecule has 0 unspecified atom stereocenters. The molecular weight excluding hydrogens is 220 g/mol. The molecule has 5 nitrogen and oxygen atoms in total. The molecule has 3 N–H and O–H groups in total. The molecule has 1 aromatic rings. The van der Waals surface area contributed by atoms with E-state index in [0.29, 0.717) is 18.8 Å². The fourth-order valence-electron chi connectivity index (χ4n) is 1.82. The lowest BCUT2D eigenvalue weighted by Crippen LogP contribution is -2.27. The highest BCUT2D eigenvalue weighted by Gasteiger charge is 2.38. The number of ether oxygens (including phenoxy) is 2. The molecule has 1 fully saturated rings. The maximum atomic E-state index is 10.6. The summed E-state index contributed by atoms with van der Waals surface area (Å²) in [7, 11) is 0. The Kier molecular flexibility index (Phi) is 3.21. The predicted molar refractivity (Wildman–Crippen MR) is 61.4 cm³/mol. The van der Waals surface area contributed by atoms with Gasteiger partial charge in [-0.25, -0.2) is 0 Å². The van der Waals surface area contributed by atoms with Crippen molar-refractivity contribution in [1.82, 2.24) is 0 Å². The molecule has 0 aliphatic carbocycles. The number of benzene rings is 1. The van der Waals surface area contributed by atoms with E-state index in [0.717, 1.165) is 5.56 Å². The molecule has 1 aromatic carbocycles. The Labute approximate surface area is 99.0 Å². The second kappa shape index (κ2) is 4.65. The molecule has 17 heavy (non-hydrogen) atoms. The van der Waals surface area contributed by atoms with Gasteiger partial charge >= 0.3 is 0 Å². The van der Waals surface area contributed by atoms with Gasteiger partial charge in [0.15, 0.2) is 0 Å². The predicted octanol–water partition coefficient (Wildman–Crippen LogP) is 0.670. The van der Waals surface area contributed by atoms with Crippen LogP contribution in [0.5, 0.6) is 0 Å². The van der Waals surface area contributed by atoms with Crippen molar-refractivity contribution in [2.75, 3.05) is 13.2 Å². The smallest absolute Gasteiger partial charge is 0.204 e. The summed E-state index contributed by atoms with van der Waals surface area (Å²) in [5.41, 5.74) is 6.73. The Bertz CT molecular complexity index is 422. The SMILES string of the molecule is N=C(N)c1ccc(C2(C[C]=O)OCCO2)cc1. The first kappa shape index (κ1) is 11.8. The summed E-state index contributed by atoms with van der Waals surface area (Å²) >= 11 is 0. The number of hydrogen-bond acceptors (Lipinski definition) is 4. The molecule has 1 radical (unpaired) electrons. The Hall–Kier alpha value is -1.72. The maximum absolute atomic E-state index is 10.6. The van der Waals surface area contributed by atoms with Gasteiger partial charge in [-0.2, -0.15) is 0 Å². The van der Waals surface area contributed by atoms with E-state index < -0.39 is 5.79 Å². The third kappa shape index (κ3) is 2.20. The highest BCUT2D eigenvalue weighted by molar-refractivity contribution is 5.94. The second-order valence-corrected chi connectivity index (χ2v) is 3.76. The van der Waals surface area contributed by atoms with E-state index in [-0.39, 0.29) is 12.3 Å². The van der Waals surface area contributed by atoms with Gasteiger partial charge in [-0.1, -0.05) is 24.3 Å². The lowest BCUT2D eigenvalue weighted by atomic mass is 10.0. The van der Waals surface area contributed by atoms with Gasteiger partial charge in [0.1, 0.15) is 5.84 Å². The molecule has 5 heteroatoms. The minimum Gasteiger partial charge on any atom is -0.384 e. The average Bonchev–Trinajstić information content (AvgIpc) is 2.79. The minimum atomic E-state index is -1.02. The van der Waals surface area contributed by atoms with E-state index >= 15 is 0 Å². The summed E-state index contributed by atoms with van der Waals surface area (Å²) in [4.78, 5) is 10.6. The molecule has 89 valence electrons. The molecule has 0 bridgehead atoms. The molecule has 1 aliphatic heterocycles. The third-order valence-electron chi connectivity index (χ3n) is 2.69. The van der Waals surface area contributed by atoms with Crippen LogP contribution in [0.25, 0.3) is 0 Å². The van der Waals surface area contributed by atoms with Crippen molar-refractivity contribution in [1.29, 1.82) is 5.41 Å². The molecule has 1 aliphatic rings. The van der Waals surface area contributed by atoms with E-state index in [2.05, 4.69) is 0 Å². The van der Waals surface area contributed by atoms with Gasteiger partial charge in [0.2, 0.25) is 12.1 Å². The van der Waals surface area contributed by atoms with Crippen LogP contribution in [0.15, 0.2) is 24.3 Å². The topological polar surface area (TPSA) is 85.4 Å². The molecule has 0 amide bonds. The number of nitrogens with one attached hydrogen (secondary N) is 1. The fourth-order valence-corrected chi connectivity index (χ4v) is 1.82. The van der Waals surface area contributed by atoms with Crippen molar-refractivity contribution < 1.29 is 14.3 Å². The molecule has 1 saturated heterocycles. The second-order valence-electron chi connectivity index (χ2n) is 3.76. The first-order chi connectivity index (χ1) is 8.18. The fraction of sp³-hybridized carbons (Fsp3) is 0.333. The number of hydrogen-bond donors (Lipinski definition) is 2. The molecule has 0 aromatic heterocycles. The molecule has 0 saturated carbocycles. The van der Waals surface area contributed by atoms with Crippen molar-refractivity contribution in [3.63, 3.8) is 0 Å². The van der Waals surface area contributed by atoms with Gasteiger partial charge in [-0.05, 0) is 0 Å². The van der Waals surface area contributed by atoms with Crippen LogP contribution in [0, 0.1) is 5.41 Å². The van der Waals surface area contributed by atoms with E-state index in [1.807, 2.05) is 6.29 Å². The van der Waals surface area contributed by atoms with E-state index in [4.69, 9.17) is 20.6 Å². The van der Waals surface area contributed by atoms with E-state index in [1.165, 1.54) is 0 Å². The summed E-state index contributed by atoms with van der Waals surface area (Å²) in [6.45, 7) is 0.909. The highest BCUT2D eigenvalue weighted by atomic mass is 16.7. The number of carbonyl (C=O) groups excluding carboxylic acids is 1. The molecular formula is C12H13N2O3. The van der Waals surface area contributed by atoms with Crippen molar-refractivity contribution in [3.8, 4) is 0 Å². The van der Waals surface area contributed by atoms with Crippen LogP contribution < -0.4 is 5.73 Å². The van der Waals surface area contributed by atoms with E-state index in [9.17, 15) is 4.79 Å². The molecule has 0 atom stereocenters. The zero-order chi connectivity index (χ0) is 12.3. The average molecular weight is 233 g/mol. The molecule has 1 heterocycles. The largest absolute Gasteiger partial charge is 0.384 e.